The lowest BCUT2D eigenvalue weighted by Gasteiger charge is -2.16. The second kappa shape index (κ2) is 6.76. The van der Waals surface area contributed by atoms with Crippen LogP contribution in [-0.2, 0) is 9.59 Å². The Kier molecular flexibility index (Phi) is 5.64. The van der Waals surface area contributed by atoms with Gasteiger partial charge in [-0.3, -0.25) is 9.59 Å². The molecule has 2 N–H and O–H groups in total. The van der Waals surface area contributed by atoms with E-state index in [0.717, 1.165) is 5.56 Å². The summed E-state index contributed by atoms with van der Waals surface area (Å²) in [4.78, 5) is 21.2. The van der Waals surface area contributed by atoms with Gasteiger partial charge in [-0.1, -0.05) is 62.2 Å². The second-order valence-corrected chi connectivity index (χ2v) is 5.30. The van der Waals surface area contributed by atoms with E-state index in [-0.39, 0.29) is 17.3 Å². The number of hydrogen-bond acceptors (Lipinski definition) is 2. The molecule has 1 amide bonds. The average molecular weight is 365 g/mol. The summed E-state index contributed by atoms with van der Waals surface area (Å²) in [6.07, 6.45) is 0. The summed E-state index contributed by atoms with van der Waals surface area (Å²) in [5.41, 5.74) is 0.944. The molecule has 0 aliphatic heterocycles. The predicted octanol–water partition coefficient (Wildman–Crippen LogP) is 2.09. The molecule has 0 bridgehead atoms. The molecule has 17 heavy (non-hydrogen) atoms. The van der Waals surface area contributed by atoms with Crippen molar-refractivity contribution < 1.29 is 14.7 Å². The number of nitrogens with one attached hydrogen (secondary N) is 1. The Bertz CT molecular complexity index is 397. The number of carboxylic acid groups (broad SMARTS) is 1. The minimum Gasteiger partial charge on any atom is -0.480 e. The lowest BCUT2D eigenvalue weighted by Crippen LogP contribution is -2.36. The first-order chi connectivity index (χ1) is 8.02. The van der Waals surface area contributed by atoms with Crippen LogP contribution in [0.4, 0.5) is 0 Å². The Labute approximate surface area is 116 Å². The second-order valence-electron chi connectivity index (χ2n) is 3.33. The Morgan fingerprint density at radius 1 is 1.24 bits per heavy atom. The molecule has 0 saturated heterocycles. The topological polar surface area (TPSA) is 66.4 Å². The van der Waals surface area contributed by atoms with Crippen molar-refractivity contribution in [2.24, 2.45) is 0 Å². The highest BCUT2D eigenvalue weighted by atomic mass is 79.9. The van der Waals surface area contributed by atoms with E-state index in [1.165, 1.54) is 0 Å². The third-order valence-electron chi connectivity index (χ3n) is 2.04. The van der Waals surface area contributed by atoms with Gasteiger partial charge in [-0.05, 0) is 5.56 Å². The monoisotopic (exact) mass is 363 g/mol. The smallest absolute Gasteiger partial charge is 0.322 e. The van der Waals surface area contributed by atoms with Gasteiger partial charge in [0.2, 0.25) is 5.91 Å². The van der Waals surface area contributed by atoms with Crippen molar-refractivity contribution in [1.29, 1.82) is 0 Å². The summed E-state index contributed by atoms with van der Waals surface area (Å²) in [6, 6.07) is 9.41. The van der Waals surface area contributed by atoms with Gasteiger partial charge >= 0.3 is 5.97 Å². The van der Waals surface area contributed by atoms with Crippen molar-refractivity contribution in [3.05, 3.63) is 35.9 Å². The maximum Gasteiger partial charge on any atom is 0.322 e. The van der Waals surface area contributed by atoms with Crippen LogP contribution in [0, 0.1) is 0 Å². The molecule has 92 valence electrons. The first kappa shape index (κ1) is 14.2. The molecule has 1 aromatic rings. The van der Waals surface area contributed by atoms with Gasteiger partial charge < -0.3 is 10.4 Å². The first-order valence-electron chi connectivity index (χ1n) is 4.85. The summed E-state index contributed by atoms with van der Waals surface area (Å²) < 4.78 is 0. The Hall–Kier alpha value is -0.880. The number of amides is 1. The Morgan fingerprint density at radius 2 is 1.82 bits per heavy atom. The summed E-state index contributed by atoms with van der Waals surface area (Å²) in [5, 5.41) is 10.8. The molecule has 1 rings (SSSR count). The maximum atomic E-state index is 11.6. The molecule has 0 radical (unpaired) electrons. The molecule has 0 aromatic heterocycles. The zero-order valence-corrected chi connectivity index (χ0v) is 11.9. The zero-order chi connectivity index (χ0) is 12.8. The van der Waals surface area contributed by atoms with Crippen LogP contribution in [0.5, 0.6) is 0 Å². The van der Waals surface area contributed by atoms with Crippen LogP contribution >= 0.6 is 31.9 Å². The number of rotatable bonds is 5. The fraction of sp³-hybridized carbons (Fsp3) is 0.273. The Morgan fingerprint density at radius 3 is 2.35 bits per heavy atom. The minimum absolute atomic E-state index is 0.211. The largest absolute Gasteiger partial charge is 0.480 e. The van der Waals surface area contributed by atoms with Gasteiger partial charge in [-0.15, -0.1) is 0 Å². The average Bonchev–Trinajstić information content (AvgIpc) is 2.35. The number of aliphatic carboxylic acids is 1. The summed E-state index contributed by atoms with van der Waals surface area (Å²) >= 11 is 6.65. The number of halogens is 2. The molecule has 0 spiro atoms. The third kappa shape index (κ3) is 4.47. The predicted molar refractivity (Wildman–Crippen MR) is 71.5 cm³/mol. The number of benzene rings is 1. The summed E-state index contributed by atoms with van der Waals surface area (Å²) in [6.45, 7) is -0.380. The molecule has 2 unspecified atom stereocenters. The maximum absolute atomic E-state index is 11.6. The summed E-state index contributed by atoms with van der Waals surface area (Å²) in [7, 11) is 0. The number of carboxylic acids is 1. The standard InChI is InChI=1S/C11H11Br2NO3/c12-9(7-4-2-1-3-5-7)10(13)11(17)14-6-8(15)16/h1-5,9-10H,6H2,(H,14,17)(H,15,16). The minimum atomic E-state index is -1.07. The number of hydrogen-bond donors (Lipinski definition) is 2. The molecule has 2 atom stereocenters. The van der Waals surface area contributed by atoms with Crippen molar-refractivity contribution in [2.75, 3.05) is 6.54 Å². The van der Waals surface area contributed by atoms with Crippen LogP contribution in [0.3, 0.4) is 0 Å². The van der Waals surface area contributed by atoms with E-state index in [9.17, 15) is 9.59 Å². The van der Waals surface area contributed by atoms with Gasteiger partial charge in [0.15, 0.2) is 0 Å². The molecular formula is C11H11Br2NO3. The molecule has 0 saturated carbocycles. The Balaban J connectivity index is 2.60. The van der Waals surface area contributed by atoms with Crippen LogP contribution < -0.4 is 5.32 Å². The van der Waals surface area contributed by atoms with Crippen molar-refractivity contribution in [1.82, 2.24) is 5.32 Å². The highest BCUT2D eigenvalue weighted by molar-refractivity contribution is 9.12. The zero-order valence-electron chi connectivity index (χ0n) is 8.77. The quantitative estimate of drug-likeness (QED) is 0.786. The van der Waals surface area contributed by atoms with Gasteiger partial charge in [0.05, 0.1) is 4.83 Å². The fourth-order valence-electron chi connectivity index (χ4n) is 1.20. The molecule has 0 aliphatic carbocycles. The number of carbonyl (C=O) groups is 2. The number of alkyl halides is 2. The normalized spacial score (nSPS) is 13.8. The van der Waals surface area contributed by atoms with Crippen molar-refractivity contribution in [2.45, 2.75) is 9.65 Å². The van der Waals surface area contributed by atoms with Crippen LogP contribution in [0.25, 0.3) is 0 Å². The van der Waals surface area contributed by atoms with E-state index in [1.54, 1.807) is 0 Å². The van der Waals surface area contributed by atoms with Crippen molar-refractivity contribution >= 4 is 43.7 Å². The van der Waals surface area contributed by atoms with Gasteiger partial charge in [-0.2, -0.15) is 0 Å². The lowest BCUT2D eigenvalue weighted by atomic mass is 10.1. The van der Waals surface area contributed by atoms with Crippen LogP contribution in [0.1, 0.15) is 10.4 Å². The molecule has 0 fully saturated rings. The molecule has 1 aromatic carbocycles. The van der Waals surface area contributed by atoms with E-state index >= 15 is 0 Å². The fourth-order valence-corrected chi connectivity index (χ4v) is 2.21. The molecular weight excluding hydrogens is 354 g/mol. The molecule has 0 heterocycles. The van der Waals surface area contributed by atoms with Gasteiger partial charge in [0, 0.05) is 0 Å². The molecule has 6 heteroatoms. The molecule has 4 nitrogen and oxygen atoms in total. The van der Waals surface area contributed by atoms with Crippen LogP contribution in [0.15, 0.2) is 30.3 Å². The van der Waals surface area contributed by atoms with Gasteiger partial charge in [-0.25, -0.2) is 0 Å². The van der Waals surface area contributed by atoms with E-state index in [1.807, 2.05) is 30.3 Å². The van der Waals surface area contributed by atoms with Crippen LogP contribution in [-0.4, -0.2) is 28.4 Å². The van der Waals surface area contributed by atoms with E-state index in [0.29, 0.717) is 0 Å². The van der Waals surface area contributed by atoms with Gasteiger partial charge in [0.1, 0.15) is 11.4 Å². The highest BCUT2D eigenvalue weighted by Gasteiger charge is 2.24. The highest BCUT2D eigenvalue weighted by Crippen LogP contribution is 2.30. The van der Waals surface area contributed by atoms with Crippen molar-refractivity contribution in [3.63, 3.8) is 0 Å². The first-order valence-corrected chi connectivity index (χ1v) is 6.68. The van der Waals surface area contributed by atoms with Crippen LogP contribution in [0.2, 0.25) is 0 Å². The lowest BCUT2D eigenvalue weighted by molar-refractivity contribution is -0.137. The number of carbonyl (C=O) groups excluding carboxylic acids is 1. The van der Waals surface area contributed by atoms with E-state index in [2.05, 4.69) is 37.2 Å². The van der Waals surface area contributed by atoms with Gasteiger partial charge in [0.25, 0.3) is 0 Å². The van der Waals surface area contributed by atoms with E-state index < -0.39 is 10.8 Å². The summed E-state index contributed by atoms with van der Waals surface area (Å²) in [5.74, 6) is -1.43. The third-order valence-corrected chi connectivity index (χ3v) is 4.75. The molecule has 0 aliphatic rings. The SMILES string of the molecule is O=C(O)CNC(=O)C(Br)C(Br)c1ccccc1. The van der Waals surface area contributed by atoms with E-state index in [4.69, 9.17) is 5.11 Å². The van der Waals surface area contributed by atoms with Crippen molar-refractivity contribution in [3.8, 4) is 0 Å².